The van der Waals surface area contributed by atoms with E-state index in [0.717, 1.165) is 38.1 Å². The molecule has 0 unspecified atom stereocenters. The number of aliphatic carboxylic acids is 1. The number of carboxylic acids is 1. The largest absolute Gasteiger partial charge is 0.546 e. The summed E-state index contributed by atoms with van der Waals surface area (Å²) >= 11 is 0. The lowest BCUT2D eigenvalue weighted by atomic mass is 10.1. The van der Waals surface area contributed by atoms with E-state index in [1.54, 1.807) is 0 Å². The molecule has 0 saturated heterocycles. The summed E-state index contributed by atoms with van der Waals surface area (Å²) in [5, 5.41) is 10.9. The SMILES string of the molecule is CCCCCCCCCc1n(CCCC)cc[n+]1CC(=O)[O-]. The van der Waals surface area contributed by atoms with Crippen LogP contribution in [-0.4, -0.2) is 10.5 Å². The first kappa shape index (κ1) is 18.7. The second kappa shape index (κ2) is 11.3. The third-order valence-corrected chi connectivity index (χ3v) is 4.15. The van der Waals surface area contributed by atoms with Gasteiger partial charge in [-0.25, -0.2) is 9.13 Å². The standard InChI is InChI=1S/C18H32N2O2/c1-3-5-7-8-9-10-11-12-17-19(13-6-4-2)14-15-20(17)16-18(21)22/h14-15H,3-13,16H2,1-2H3. The molecular weight excluding hydrogens is 276 g/mol. The fourth-order valence-electron chi connectivity index (χ4n) is 2.84. The van der Waals surface area contributed by atoms with Crippen LogP contribution in [0.4, 0.5) is 0 Å². The Labute approximate surface area is 135 Å². The Kier molecular flexibility index (Phi) is 9.60. The highest BCUT2D eigenvalue weighted by Crippen LogP contribution is 2.10. The van der Waals surface area contributed by atoms with Gasteiger partial charge in [-0.2, -0.15) is 0 Å². The van der Waals surface area contributed by atoms with Crippen LogP contribution in [-0.2, 0) is 24.3 Å². The lowest BCUT2D eigenvalue weighted by Crippen LogP contribution is -2.45. The molecule has 1 rings (SSSR count). The molecule has 0 radical (unpaired) electrons. The zero-order chi connectivity index (χ0) is 16.2. The smallest absolute Gasteiger partial charge is 0.256 e. The highest BCUT2D eigenvalue weighted by molar-refractivity contribution is 5.62. The molecule has 0 bridgehead atoms. The van der Waals surface area contributed by atoms with E-state index >= 15 is 0 Å². The second-order valence-corrected chi connectivity index (χ2v) is 6.13. The van der Waals surface area contributed by atoms with Crippen molar-refractivity contribution in [2.24, 2.45) is 0 Å². The normalized spacial score (nSPS) is 11.0. The summed E-state index contributed by atoms with van der Waals surface area (Å²) in [6.07, 6.45) is 16.1. The van der Waals surface area contributed by atoms with Gasteiger partial charge in [-0.05, 0) is 12.8 Å². The van der Waals surface area contributed by atoms with Crippen LogP contribution in [0.25, 0.3) is 0 Å². The Balaban J connectivity index is 2.46. The number of hydrogen-bond donors (Lipinski definition) is 0. The predicted octanol–water partition coefficient (Wildman–Crippen LogP) is 2.62. The summed E-state index contributed by atoms with van der Waals surface area (Å²) in [4.78, 5) is 10.9. The molecule has 0 aromatic carbocycles. The van der Waals surface area contributed by atoms with Crippen molar-refractivity contribution in [2.45, 2.75) is 91.1 Å². The van der Waals surface area contributed by atoms with Crippen molar-refractivity contribution >= 4 is 5.97 Å². The molecule has 4 nitrogen and oxygen atoms in total. The molecule has 22 heavy (non-hydrogen) atoms. The Hall–Kier alpha value is -1.32. The molecule has 0 atom stereocenters. The summed E-state index contributed by atoms with van der Waals surface area (Å²) in [6, 6.07) is 0. The van der Waals surface area contributed by atoms with Gasteiger partial charge in [0, 0.05) is 6.42 Å². The second-order valence-electron chi connectivity index (χ2n) is 6.13. The topological polar surface area (TPSA) is 48.9 Å². The number of aromatic nitrogens is 2. The highest BCUT2D eigenvalue weighted by atomic mass is 16.4. The predicted molar refractivity (Wildman–Crippen MR) is 86.2 cm³/mol. The quantitative estimate of drug-likeness (QED) is 0.415. The van der Waals surface area contributed by atoms with Gasteiger partial charge in [-0.1, -0.05) is 58.8 Å². The summed E-state index contributed by atoms with van der Waals surface area (Å²) in [7, 11) is 0. The number of hydrogen-bond acceptors (Lipinski definition) is 2. The minimum atomic E-state index is -1.01. The molecule has 1 heterocycles. The molecule has 0 fully saturated rings. The molecule has 0 aliphatic heterocycles. The number of rotatable bonds is 13. The van der Waals surface area contributed by atoms with Gasteiger partial charge in [-0.15, -0.1) is 0 Å². The van der Waals surface area contributed by atoms with Crippen molar-refractivity contribution in [3.8, 4) is 0 Å². The summed E-state index contributed by atoms with van der Waals surface area (Å²) in [5.41, 5.74) is 0. The maximum absolute atomic E-state index is 10.9. The number of nitrogens with zero attached hydrogens (tertiary/aromatic N) is 2. The van der Waals surface area contributed by atoms with Crippen LogP contribution in [0.3, 0.4) is 0 Å². The van der Waals surface area contributed by atoms with Crippen molar-refractivity contribution in [2.75, 3.05) is 0 Å². The first-order valence-corrected chi connectivity index (χ1v) is 8.96. The van der Waals surface area contributed by atoms with Gasteiger partial charge < -0.3 is 9.90 Å². The van der Waals surface area contributed by atoms with Crippen LogP contribution in [0.1, 0.15) is 77.5 Å². The van der Waals surface area contributed by atoms with E-state index in [0.29, 0.717) is 0 Å². The minimum absolute atomic E-state index is 0.0367. The van der Waals surface area contributed by atoms with E-state index in [9.17, 15) is 9.90 Å². The van der Waals surface area contributed by atoms with Crippen LogP contribution in [0.15, 0.2) is 12.4 Å². The lowest BCUT2D eigenvalue weighted by Gasteiger charge is -2.06. The summed E-state index contributed by atoms with van der Waals surface area (Å²) in [5.74, 6) is 0.116. The molecule has 0 aliphatic rings. The van der Waals surface area contributed by atoms with Gasteiger partial charge in [0.15, 0.2) is 0 Å². The van der Waals surface area contributed by atoms with Gasteiger partial charge in [0.25, 0.3) is 5.82 Å². The number of carboxylic acid groups (broad SMARTS) is 1. The van der Waals surface area contributed by atoms with Gasteiger partial charge in [0.05, 0.1) is 12.5 Å². The van der Waals surface area contributed by atoms with Gasteiger partial charge >= 0.3 is 0 Å². The fraction of sp³-hybridized carbons (Fsp3) is 0.778. The molecular formula is C18H32N2O2. The van der Waals surface area contributed by atoms with E-state index in [4.69, 9.17) is 0 Å². The third kappa shape index (κ3) is 7.10. The zero-order valence-electron chi connectivity index (χ0n) is 14.4. The molecule has 0 spiro atoms. The third-order valence-electron chi connectivity index (χ3n) is 4.15. The maximum atomic E-state index is 10.9. The van der Waals surface area contributed by atoms with Crippen molar-refractivity contribution < 1.29 is 14.5 Å². The van der Waals surface area contributed by atoms with Crippen molar-refractivity contribution in [3.63, 3.8) is 0 Å². The number of aryl methyl sites for hydroxylation is 1. The van der Waals surface area contributed by atoms with Crippen LogP contribution in [0.2, 0.25) is 0 Å². The average molecular weight is 308 g/mol. The monoisotopic (exact) mass is 308 g/mol. The van der Waals surface area contributed by atoms with Crippen LogP contribution in [0.5, 0.6) is 0 Å². The van der Waals surface area contributed by atoms with Gasteiger partial charge in [0.1, 0.15) is 18.9 Å². The molecule has 0 amide bonds. The summed E-state index contributed by atoms with van der Waals surface area (Å²) in [6.45, 7) is 5.35. The minimum Gasteiger partial charge on any atom is -0.546 e. The molecule has 4 heteroatoms. The number of imidazole rings is 1. The van der Waals surface area contributed by atoms with Crippen LogP contribution >= 0.6 is 0 Å². The van der Waals surface area contributed by atoms with Crippen LogP contribution in [0, 0.1) is 0 Å². The molecule has 0 N–H and O–H groups in total. The molecule has 0 aliphatic carbocycles. The van der Waals surface area contributed by atoms with Crippen molar-refractivity contribution in [1.29, 1.82) is 0 Å². The van der Waals surface area contributed by atoms with E-state index < -0.39 is 5.97 Å². The average Bonchev–Trinajstić information content (AvgIpc) is 2.85. The molecule has 0 saturated carbocycles. The Morgan fingerprint density at radius 3 is 2.32 bits per heavy atom. The first-order valence-electron chi connectivity index (χ1n) is 8.96. The summed E-state index contributed by atoms with van der Waals surface area (Å²) < 4.78 is 4.05. The first-order chi connectivity index (χ1) is 10.7. The Bertz CT molecular complexity index is 427. The lowest BCUT2D eigenvalue weighted by molar-refractivity contribution is -0.697. The Morgan fingerprint density at radius 2 is 1.68 bits per heavy atom. The van der Waals surface area contributed by atoms with E-state index in [-0.39, 0.29) is 6.54 Å². The van der Waals surface area contributed by atoms with Crippen molar-refractivity contribution in [1.82, 2.24) is 4.57 Å². The van der Waals surface area contributed by atoms with Crippen molar-refractivity contribution in [3.05, 3.63) is 18.2 Å². The number of carbonyl (C=O) groups excluding carboxylic acids is 1. The van der Waals surface area contributed by atoms with Crippen LogP contribution < -0.4 is 9.67 Å². The van der Waals surface area contributed by atoms with E-state index in [2.05, 4.69) is 18.4 Å². The van der Waals surface area contributed by atoms with E-state index in [1.165, 1.54) is 38.5 Å². The molecule has 1 aromatic rings. The zero-order valence-corrected chi connectivity index (χ0v) is 14.4. The number of unbranched alkanes of at least 4 members (excludes halogenated alkanes) is 7. The maximum Gasteiger partial charge on any atom is 0.256 e. The number of carbonyl (C=O) groups is 1. The molecule has 1 aromatic heterocycles. The van der Waals surface area contributed by atoms with Gasteiger partial charge in [0.2, 0.25) is 0 Å². The van der Waals surface area contributed by atoms with Gasteiger partial charge in [-0.3, -0.25) is 0 Å². The highest BCUT2D eigenvalue weighted by Gasteiger charge is 2.16. The molecule has 126 valence electrons. The fourth-order valence-corrected chi connectivity index (χ4v) is 2.84. The van der Waals surface area contributed by atoms with E-state index in [1.807, 2.05) is 17.0 Å². The Morgan fingerprint density at radius 1 is 1.05 bits per heavy atom.